The third kappa shape index (κ3) is 2.36. The third-order valence-corrected chi connectivity index (χ3v) is 4.59. The second-order valence-corrected chi connectivity index (χ2v) is 5.89. The summed E-state index contributed by atoms with van der Waals surface area (Å²) >= 11 is 6.25. The predicted octanol–water partition coefficient (Wildman–Crippen LogP) is 3.82. The molecule has 0 fully saturated rings. The number of halogens is 1. The molecule has 106 valence electrons. The van der Waals surface area contributed by atoms with Gasteiger partial charge in [0.25, 0.3) is 0 Å². The molecule has 0 radical (unpaired) electrons. The second-order valence-electron chi connectivity index (χ2n) is 5.48. The first kappa shape index (κ1) is 13.7. The molecule has 0 amide bonds. The summed E-state index contributed by atoms with van der Waals surface area (Å²) in [6.07, 6.45) is 6.75. The number of hydrogen-bond acceptors (Lipinski definition) is 2. The third-order valence-electron chi connectivity index (χ3n) is 4.18. The lowest BCUT2D eigenvalue weighted by atomic mass is 10.1. The van der Waals surface area contributed by atoms with Crippen LogP contribution in [0.2, 0.25) is 5.02 Å². The van der Waals surface area contributed by atoms with Crippen LogP contribution in [0.3, 0.4) is 0 Å². The minimum absolute atomic E-state index is 0.419. The fraction of sp³-hybridized carbons (Fsp3) is 0.438. The monoisotopic (exact) mass is 289 g/mol. The first-order valence-electron chi connectivity index (χ1n) is 7.21. The Balaban J connectivity index is 2.07. The number of fused-ring (bicyclic) bond motifs is 1. The first-order valence-corrected chi connectivity index (χ1v) is 7.59. The molecule has 3 nitrogen and oxygen atoms in total. The van der Waals surface area contributed by atoms with Crippen molar-refractivity contribution in [3.05, 3.63) is 46.2 Å². The van der Waals surface area contributed by atoms with E-state index in [9.17, 15) is 0 Å². The average molecular weight is 290 g/mol. The van der Waals surface area contributed by atoms with E-state index in [1.54, 1.807) is 0 Å². The SMILES string of the molecule is CNC1CCCCc2c1cnn2-c1ccc(C)c(Cl)c1. The normalized spacial score (nSPS) is 18.6. The number of nitrogens with one attached hydrogen (secondary N) is 1. The Morgan fingerprint density at radius 1 is 1.35 bits per heavy atom. The number of aryl methyl sites for hydroxylation is 1. The molecule has 1 unspecified atom stereocenters. The Labute approximate surface area is 124 Å². The van der Waals surface area contributed by atoms with Crippen molar-refractivity contribution >= 4 is 11.6 Å². The van der Waals surface area contributed by atoms with E-state index in [4.69, 9.17) is 11.6 Å². The molecule has 0 saturated heterocycles. The maximum absolute atomic E-state index is 6.25. The van der Waals surface area contributed by atoms with Crippen molar-refractivity contribution in [2.24, 2.45) is 0 Å². The summed E-state index contributed by atoms with van der Waals surface area (Å²) in [4.78, 5) is 0. The van der Waals surface area contributed by atoms with E-state index in [1.807, 2.05) is 26.2 Å². The van der Waals surface area contributed by atoms with Crippen LogP contribution in [-0.4, -0.2) is 16.8 Å². The molecule has 0 bridgehead atoms. The number of nitrogens with zero attached hydrogens (tertiary/aromatic N) is 2. The molecular formula is C16H20ClN3. The lowest BCUT2D eigenvalue weighted by Gasteiger charge is -2.13. The van der Waals surface area contributed by atoms with Gasteiger partial charge in [-0.25, -0.2) is 4.68 Å². The molecule has 1 heterocycles. The standard InChI is InChI=1S/C16H20ClN3/c1-11-7-8-12(9-14(11)17)20-16-6-4-3-5-15(18-2)13(16)10-19-20/h7-10,15,18H,3-6H2,1-2H3. The van der Waals surface area contributed by atoms with Gasteiger partial charge in [0, 0.05) is 22.3 Å². The zero-order chi connectivity index (χ0) is 14.1. The van der Waals surface area contributed by atoms with E-state index in [0.717, 1.165) is 22.7 Å². The van der Waals surface area contributed by atoms with Crippen molar-refractivity contribution in [3.8, 4) is 5.69 Å². The lowest BCUT2D eigenvalue weighted by Crippen LogP contribution is -2.16. The van der Waals surface area contributed by atoms with Gasteiger partial charge in [-0.05, 0) is 50.9 Å². The van der Waals surface area contributed by atoms with Gasteiger partial charge in [-0.15, -0.1) is 0 Å². The molecule has 1 atom stereocenters. The molecule has 1 aliphatic carbocycles. The Morgan fingerprint density at radius 2 is 2.20 bits per heavy atom. The van der Waals surface area contributed by atoms with Gasteiger partial charge in [0.2, 0.25) is 0 Å². The topological polar surface area (TPSA) is 29.9 Å². The molecule has 2 aromatic rings. The van der Waals surface area contributed by atoms with Crippen molar-refractivity contribution in [1.82, 2.24) is 15.1 Å². The van der Waals surface area contributed by atoms with Gasteiger partial charge in [0.15, 0.2) is 0 Å². The molecule has 3 rings (SSSR count). The zero-order valence-corrected chi connectivity index (χ0v) is 12.7. The van der Waals surface area contributed by atoms with Crippen LogP contribution in [0, 0.1) is 6.92 Å². The Kier molecular flexibility index (Phi) is 3.81. The number of rotatable bonds is 2. The van der Waals surface area contributed by atoms with Crippen LogP contribution in [-0.2, 0) is 6.42 Å². The zero-order valence-electron chi connectivity index (χ0n) is 12.0. The summed E-state index contributed by atoms with van der Waals surface area (Å²) in [5, 5.41) is 8.80. The molecule has 0 aliphatic heterocycles. The van der Waals surface area contributed by atoms with Crippen molar-refractivity contribution in [2.75, 3.05) is 7.05 Å². The Morgan fingerprint density at radius 3 is 2.95 bits per heavy atom. The van der Waals surface area contributed by atoms with Crippen LogP contribution in [0.1, 0.15) is 42.1 Å². The van der Waals surface area contributed by atoms with Gasteiger partial charge >= 0.3 is 0 Å². The minimum Gasteiger partial charge on any atom is -0.313 e. The van der Waals surface area contributed by atoms with Gasteiger partial charge in [0.05, 0.1) is 11.9 Å². The van der Waals surface area contributed by atoms with Gasteiger partial charge in [0.1, 0.15) is 0 Å². The predicted molar refractivity (Wildman–Crippen MR) is 82.7 cm³/mol. The maximum Gasteiger partial charge on any atom is 0.0663 e. The maximum atomic E-state index is 6.25. The van der Waals surface area contributed by atoms with E-state index >= 15 is 0 Å². The molecule has 0 spiro atoms. The smallest absolute Gasteiger partial charge is 0.0663 e. The van der Waals surface area contributed by atoms with Gasteiger partial charge in [-0.1, -0.05) is 24.1 Å². The summed E-state index contributed by atoms with van der Waals surface area (Å²) in [6, 6.07) is 6.57. The molecule has 4 heteroatoms. The highest BCUT2D eigenvalue weighted by Gasteiger charge is 2.22. The van der Waals surface area contributed by atoms with Crippen LogP contribution in [0.4, 0.5) is 0 Å². The fourth-order valence-corrected chi connectivity index (χ4v) is 3.13. The second kappa shape index (κ2) is 5.58. The number of aromatic nitrogens is 2. The number of hydrogen-bond donors (Lipinski definition) is 1. The van der Waals surface area contributed by atoms with Crippen LogP contribution in [0.15, 0.2) is 24.4 Å². The first-order chi connectivity index (χ1) is 9.70. The van der Waals surface area contributed by atoms with Crippen molar-refractivity contribution in [3.63, 3.8) is 0 Å². The highest BCUT2D eigenvalue weighted by Crippen LogP contribution is 2.30. The lowest BCUT2D eigenvalue weighted by molar-refractivity contribution is 0.533. The van der Waals surface area contributed by atoms with E-state index < -0.39 is 0 Å². The van der Waals surface area contributed by atoms with E-state index in [0.29, 0.717) is 6.04 Å². The minimum atomic E-state index is 0.419. The Bertz CT molecular complexity index is 618. The number of benzene rings is 1. The van der Waals surface area contributed by atoms with Crippen LogP contribution in [0.25, 0.3) is 5.69 Å². The Hall–Kier alpha value is -1.32. The molecule has 20 heavy (non-hydrogen) atoms. The van der Waals surface area contributed by atoms with Gasteiger partial charge in [-0.2, -0.15) is 5.10 Å². The average Bonchev–Trinajstić information content (AvgIpc) is 2.75. The quantitative estimate of drug-likeness (QED) is 0.852. The summed E-state index contributed by atoms with van der Waals surface area (Å²) in [6.45, 7) is 2.02. The molecule has 1 aromatic carbocycles. The van der Waals surface area contributed by atoms with E-state index in [1.165, 1.54) is 30.5 Å². The van der Waals surface area contributed by atoms with Gasteiger partial charge < -0.3 is 5.32 Å². The molecule has 0 saturated carbocycles. The summed E-state index contributed by atoms with van der Waals surface area (Å²) < 4.78 is 2.05. The van der Waals surface area contributed by atoms with Crippen LogP contribution >= 0.6 is 11.6 Å². The van der Waals surface area contributed by atoms with E-state index in [2.05, 4.69) is 27.2 Å². The summed E-state index contributed by atoms with van der Waals surface area (Å²) in [7, 11) is 2.03. The summed E-state index contributed by atoms with van der Waals surface area (Å²) in [5.41, 5.74) is 4.81. The van der Waals surface area contributed by atoms with Crippen LogP contribution < -0.4 is 5.32 Å². The summed E-state index contributed by atoms with van der Waals surface area (Å²) in [5.74, 6) is 0. The van der Waals surface area contributed by atoms with Gasteiger partial charge in [-0.3, -0.25) is 0 Å². The highest BCUT2D eigenvalue weighted by molar-refractivity contribution is 6.31. The van der Waals surface area contributed by atoms with Crippen molar-refractivity contribution in [1.29, 1.82) is 0 Å². The van der Waals surface area contributed by atoms with Crippen LogP contribution in [0.5, 0.6) is 0 Å². The molecular weight excluding hydrogens is 270 g/mol. The molecule has 1 aromatic heterocycles. The highest BCUT2D eigenvalue weighted by atomic mass is 35.5. The molecule has 1 N–H and O–H groups in total. The largest absolute Gasteiger partial charge is 0.313 e. The van der Waals surface area contributed by atoms with Crippen molar-refractivity contribution < 1.29 is 0 Å². The molecule has 1 aliphatic rings. The fourth-order valence-electron chi connectivity index (χ4n) is 2.96. The van der Waals surface area contributed by atoms with Crippen molar-refractivity contribution in [2.45, 2.75) is 38.6 Å². The van der Waals surface area contributed by atoms with E-state index in [-0.39, 0.29) is 0 Å².